The van der Waals surface area contributed by atoms with Crippen LogP contribution in [0.1, 0.15) is 22.3 Å². The zero-order chi connectivity index (χ0) is 18.4. The Bertz CT molecular complexity index is 884. The Kier molecular flexibility index (Phi) is 9.90. The Morgan fingerprint density at radius 3 is 2.44 bits per heavy atom. The first-order chi connectivity index (χ1) is 12.7. The van der Waals surface area contributed by atoms with Gasteiger partial charge in [-0.15, -0.1) is 76.9 Å². The van der Waals surface area contributed by atoms with E-state index in [-0.39, 0.29) is 13.5 Å². The molecule has 0 saturated heterocycles. The fourth-order valence-corrected chi connectivity index (χ4v) is 3.67. The van der Waals surface area contributed by atoms with Gasteiger partial charge in [0, 0.05) is 0 Å². The number of halogens is 3. The Balaban J connectivity index is 0.000000168. The zero-order valence-corrected chi connectivity index (χ0v) is 20.8. The molecule has 0 aliphatic heterocycles. The summed E-state index contributed by atoms with van der Waals surface area (Å²) in [6.07, 6.45) is 6.39. The summed E-state index contributed by atoms with van der Waals surface area (Å²) in [7, 11) is 9.87. The minimum Gasteiger partial charge on any atom is -0.813 e. The third-order valence-corrected chi connectivity index (χ3v) is 5.04. The third kappa shape index (κ3) is 5.84. The molecule has 3 aromatic rings. The fraction of sp³-hybridized carbons (Fsp3) is 0.0909. The quantitative estimate of drug-likeness (QED) is 0.128. The van der Waals surface area contributed by atoms with Crippen molar-refractivity contribution in [2.75, 3.05) is 0 Å². The van der Waals surface area contributed by atoms with E-state index in [9.17, 15) is 0 Å². The summed E-state index contributed by atoms with van der Waals surface area (Å²) < 4.78 is 1.20. The van der Waals surface area contributed by atoms with E-state index >= 15 is 0 Å². The summed E-state index contributed by atoms with van der Waals surface area (Å²) in [5, 5.41) is 0. The summed E-state index contributed by atoms with van der Waals surface area (Å²) in [5.74, 6) is 0. The van der Waals surface area contributed by atoms with Gasteiger partial charge in [-0.3, -0.25) is 0 Å². The van der Waals surface area contributed by atoms with E-state index in [1.807, 2.05) is 18.2 Å². The number of fused-ring (bicyclic) bond motifs is 4. The van der Waals surface area contributed by atoms with Crippen LogP contribution in [0.4, 0.5) is 0 Å². The van der Waals surface area contributed by atoms with Gasteiger partial charge < -0.3 is 13.5 Å². The molecule has 0 spiro atoms. The molecule has 0 saturated carbocycles. The van der Waals surface area contributed by atoms with Gasteiger partial charge in [0.15, 0.2) is 0 Å². The van der Waals surface area contributed by atoms with Crippen LogP contribution in [-0.2, 0) is 47.2 Å². The van der Waals surface area contributed by atoms with Crippen molar-refractivity contribution in [1.29, 1.82) is 0 Å². The second kappa shape index (κ2) is 11.6. The first-order valence-corrected chi connectivity index (χ1v) is 15.3. The normalized spacial score (nSPS) is 11.5. The molecule has 5 rings (SSSR count). The predicted molar refractivity (Wildman–Crippen MR) is 120 cm³/mol. The molecule has 0 heterocycles. The van der Waals surface area contributed by atoms with E-state index in [1.54, 1.807) is 0 Å². The molecule has 27 heavy (non-hydrogen) atoms. The Morgan fingerprint density at radius 1 is 0.926 bits per heavy atom. The van der Waals surface area contributed by atoms with E-state index < -0.39 is 20.8 Å². The second-order valence-corrected chi connectivity index (χ2v) is 10.4. The summed E-state index contributed by atoms with van der Waals surface area (Å²) in [4.78, 5) is 0. The molecule has 0 nitrogen and oxygen atoms in total. The van der Waals surface area contributed by atoms with Crippen molar-refractivity contribution < 1.29 is 20.8 Å². The Hall–Kier alpha value is -0.307. The van der Waals surface area contributed by atoms with Crippen LogP contribution in [0, 0.1) is 12.1 Å². The number of hydrogen-bond donors (Lipinski definition) is 0. The Morgan fingerprint density at radius 2 is 1.67 bits per heavy atom. The van der Waals surface area contributed by atoms with E-state index in [1.165, 1.54) is 37.9 Å². The molecule has 0 unspecified atom stereocenters. The number of thiol groups is 1. The van der Waals surface area contributed by atoms with Crippen molar-refractivity contribution in [3.05, 3.63) is 99.5 Å². The maximum atomic E-state index is 4.93. The molecule has 2 aliphatic carbocycles. The van der Waals surface area contributed by atoms with Gasteiger partial charge in [0.1, 0.15) is 0 Å². The van der Waals surface area contributed by atoms with Crippen molar-refractivity contribution in [3.63, 3.8) is 0 Å². The van der Waals surface area contributed by atoms with Crippen LogP contribution in [0.3, 0.4) is 0 Å². The molecule has 0 N–H and O–H groups in total. The summed E-state index contributed by atoms with van der Waals surface area (Å²) in [5.41, 5.74) is 8.08. The summed E-state index contributed by atoms with van der Waals surface area (Å²) in [6, 6.07) is 25.3. The van der Waals surface area contributed by atoms with Crippen LogP contribution in [-0.4, -0.2) is 0 Å². The number of rotatable bonds is 0. The standard InChI is InChI=1S/C13H9.C9H6Br.2ClH.H2S.Zr/c1-3-7-12-10(5-1)9-11-6-2-4-8-13(11)12;10-9-6-2-4-7-3-1-5-8(7)9;;;;/h1-7H,9H2;1-3,6H,5H2;2*1H;1H2;/q2*-1;;;;+2/p-3. The van der Waals surface area contributed by atoms with Crippen molar-refractivity contribution in [2.45, 2.75) is 12.8 Å². The van der Waals surface area contributed by atoms with Crippen LogP contribution in [0.2, 0.25) is 0 Å². The summed E-state index contributed by atoms with van der Waals surface area (Å²) >= 11 is 2.66. The van der Waals surface area contributed by atoms with Crippen LogP contribution in [0.15, 0.2) is 65.1 Å². The molecular formula is C22H16BrCl2SZr-3. The maximum Gasteiger partial charge on any atom is -0.0454 e. The maximum absolute atomic E-state index is 4.93. The van der Waals surface area contributed by atoms with Gasteiger partial charge in [-0.1, -0.05) is 62.2 Å². The molecule has 2 aliphatic rings. The van der Waals surface area contributed by atoms with Gasteiger partial charge in [-0.25, -0.2) is 0 Å². The molecule has 0 aromatic heterocycles. The molecule has 0 fully saturated rings. The SMILES string of the molecule is Brc1cc[c-]c2c1CC=C2.[Cl][Zr][Cl].[SH-].[c-]1cccc2c1-c1ccccc1C2. The largest absolute Gasteiger partial charge is 0.813 e. The number of benzene rings is 3. The van der Waals surface area contributed by atoms with E-state index in [2.05, 4.69) is 76.6 Å². The van der Waals surface area contributed by atoms with Crippen LogP contribution >= 0.6 is 33.0 Å². The van der Waals surface area contributed by atoms with E-state index in [0.717, 1.165) is 12.8 Å². The molecule has 0 bridgehead atoms. The van der Waals surface area contributed by atoms with E-state index in [0.29, 0.717) is 0 Å². The first-order valence-electron chi connectivity index (χ1n) is 8.14. The van der Waals surface area contributed by atoms with Gasteiger partial charge in [0.25, 0.3) is 0 Å². The van der Waals surface area contributed by atoms with Gasteiger partial charge in [0.05, 0.1) is 0 Å². The first kappa shape index (κ1) is 23.0. The predicted octanol–water partition coefficient (Wildman–Crippen LogP) is 6.98. The molecule has 5 heteroatoms. The van der Waals surface area contributed by atoms with Gasteiger partial charge in [0.2, 0.25) is 0 Å². The van der Waals surface area contributed by atoms with Crippen molar-refractivity contribution in [1.82, 2.24) is 0 Å². The molecule has 138 valence electrons. The van der Waals surface area contributed by atoms with Crippen LogP contribution in [0.25, 0.3) is 17.2 Å². The monoisotopic (exact) mass is 551 g/mol. The minimum absolute atomic E-state index is 0. The van der Waals surface area contributed by atoms with Crippen molar-refractivity contribution in [3.8, 4) is 11.1 Å². The van der Waals surface area contributed by atoms with Crippen LogP contribution in [0.5, 0.6) is 0 Å². The molecule has 0 amide bonds. The van der Waals surface area contributed by atoms with Gasteiger partial charge >= 0.3 is 37.9 Å². The van der Waals surface area contributed by atoms with Crippen molar-refractivity contribution >= 4 is 52.5 Å². The molecule has 3 aromatic carbocycles. The van der Waals surface area contributed by atoms with Gasteiger partial charge in [-0.2, -0.15) is 0 Å². The van der Waals surface area contributed by atoms with Gasteiger partial charge in [-0.05, 0) is 6.42 Å². The number of hydrogen-bond acceptors (Lipinski definition) is 1. The minimum atomic E-state index is -0.826. The Labute approximate surface area is 195 Å². The fourth-order valence-electron chi connectivity index (χ4n) is 3.17. The van der Waals surface area contributed by atoms with Crippen LogP contribution < -0.4 is 0 Å². The molecule has 0 atom stereocenters. The second-order valence-electron chi connectivity index (χ2n) is 5.80. The average molecular weight is 554 g/mol. The third-order valence-electron chi connectivity index (χ3n) is 4.30. The smallest absolute Gasteiger partial charge is 0.0454 e. The summed E-state index contributed by atoms with van der Waals surface area (Å²) in [6.45, 7) is 0. The average Bonchev–Trinajstić information content (AvgIpc) is 3.28. The number of allylic oxidation sites excluding steroid dienone is 1. The molecular weight excluding hydrogens is 538 g/mol. The molecule has 0 radical (unpaired) electrons. The zero-order valence-electron chi connectivity index (χ0n) is 14.3. The van der Waals surface area contributed by atoms with E-state index in [4.69, 9.17) is 17.0 Å². The topological polar surface area (TPSA) is 0 Å². The van der Waals surface area contributed by atoms with Crippen molar-refractivity contribution in [2.24, 2.45) is 0 Å².